The molecule has 0 radical (unpaired) electrons. The van der Waals surface area contributed by atoms with Gasteiger partial charge in [0.15, 0.2) is 0 Å². The zero-order chi connectivity index (χ0) is 39.1. The van der Waals surface area contributed by atoms with Gasteiger partial charge >= 0.3 is 0 Å². The molecule has 0 aromatic carbocycles. The molecule has 42 heavy (non-hydrogen) atoms. The second-order valence-corrected chi connectivity index (χ2v) is 5.83. The van der Waals surface area contributed by atoms with E-state index in [2.05, 4.69) is 96.9 Å². The predicted octanol–water partition coefficient (Wildman–Crippen LogP) is 20.3. The second-order valence-electron chi connectivity index (χ2n) is 5.83. The van der Waals surface area contributed by atoms with Gasteiger partial charge in [-0.25, -0.2) is 0 Å². The van der Waals surface area contributed by atoms with Crippen molar-refractivity contribution in [3.8, 4) is 0 Å². The molecule has 0 nitrogen and oxygen atoms in total. The van der Waals surface area contributed by atoms with Gasteiger partial charge in [-0.1, -0.05) is 286 Å². The Hall–Kier alpha value is 0. The van der Waals surface area contributed by atoms with Crippen molar-refractivity contribution in [3.63, 3.8) is 0 Å². The van der Waals surface area contributed by atoms with Crippen molar-refractivity contribution >= 4 is 0 Å². The summed E-state index contributed by atoms with van der Waals surface area (Å²) in [4.78, 5) is 0. The summed E-state index contributed by atoms with van der Waals surface area (Å²) in [6.45, 7) is 66.1. The normalized spacial score (nSPS) is 5.14. The van der Waals surface area contributed by atoms with Crippen LogP contribution in [0.4, 0.5) is 0 Å². The van der Waals surface area contributed by atoms with E-state index in [1.807, 2.05) is 125 Å². The van der Waals surface area contributed by atoms with Crippen LogP contribution >= 0.6 is 0 Å². The van der Waals surface area contributed by atoms with Gasteiger partial charge in [0.25, 0.3) is 0 Å². The molecular weight excluding hydrogens is 504 g/mol. The summed E-state index contributed by atoms with van der Waals surface area (Å²) in [6, 6.07) is 0. The summed E-state index contributed by atoms with van der Waals surface area (Å²) in [6.07, 6.45) is 12.9. The highest BCUT2D eigenvalue weighted by Crippen LogP contribution is 1.77. The average molecular weight is 621 g/mol. The Balaban J connectivity index is -0.0000000124. The standard InChI is InChI=1S/3C4H10.4C3H8.9C2H6/c3*1-3-4-2;4*1-3-2;9*1-2/h3*3-4H2,1-2H3;4*3H2,1-2H3;9*1-2H3. The zero-order valence-electron chi connectivity index (χ0n) is 39.1. The summed E-state index contributed by atoms with van der Waals surface area (Å²) in [5.74, 6) is 0. The van der Waals surface area contributed by atoms with E-state index < -0.39 is 0 Å². The fraction of sp³-hybridized carbons (Fsp3) is 1.00. The molecule has 0 bridgehead atoms. The molecule has 0 aromatic heterocycles. The van der Waals surface area contributed by atoms with Crippen molar-refractivity contribution in [2.24, 2.45) is 0 Å². The molecule has 0 aromatic rings. The minimum Gasteiger partial charge on any atom is -0.0683 e. The summed E-state index contributed by atoms with van der Waals surface area (Å²) in [7, 11) is 0. The van der Waals surface area contributed by atoms with Crippen LogP contribution in [0.15, 0.2) is 0 Å². The molecular formula is C42H116. The molecule has 0 saturated heterocycles. The maximum Gasteiger partial charge on any atom is -0.0564 e. The Morgan fingerprint density at radius 1 is 0.143 bits per heavy atom. The minimum absolute atomic E-state index is 1.25. The molecule has 0 saturated carbocycles. The molecule has 0 spiro atoms. The van der Waals surface area contributed by atoms with Crippen LogP contribution in [0, 0.1) is 0 Å². The monoisotopic (exact) mass is 621 g/mol. The lowest BCUT2D eigenvalue weighted by molar-refractivity contribution is 0.886. The van der Waals surface area contributed by atoms with Gasteiger partial charge in [-0.2, -0.15) is 0 Å². The SMILES string of the molecule is CC.CC.CC.CC.CC.CC.CC.CC.CC.CCC.CCC.CCC.CCC.CCCC.CCCC.CCCC. The van der Waals surface area contributed by atoms with E-state index in [1.165, 1.54) is 64.2 Å². The topological polar surface area (TPSA) is 0 Å². The number of rotatable bonds is 3. The number of hydrogen-bond acceptors (Lipinski definition) is 0. The van der Waals surface area contributed by atoms with Crippen molar-refractivity contribution in [2.45, 2.75) is 286 Å². The zero-order valence-corrected chi connectivity index (χ0v) is 39.1. The van der Waals surface area contributed by atoms with Crippen LogP contribution in [-0.4, -0.2) is 0 Å². The lowest BCUT2D eigenvalue weighted by Gasteiger charge is -1.68. The van der Waals surface area contributed by atoms with E-state index >= 15 is 0 Å². The lowest BCUT2D eigenvalue weighted by Crippen LogP contribution is -1.47. The Labute approximate surface area is 285 Å². The third kappa shape index (κ3) is 6760. The van der Waals surface area contributed by atoms with Crippen molar-refractivity contribution in [3.05, 3.63) is 0 Å². The van der Waals surface area contributed by atoms with E-state index in [0.717, 1.165) is 0 Å². The van der Waals surface area contributed by atoms with Crippen LogP contribution in [0.3, 0.4) is 0 Å². The largest absolute Gasteiger partial charge is 0.0683 e. The van der Waals surface area contributed by atoms with Crippen LogP contribution in [0.2, 0.25) is 0 Å². The molecule has 284 valence electrons. The highest BCUT2D eigenvalue weighted by Gasteiger charge is 1.57. The maximum absolute atomic E-state index is 2.18. The van der Waals surface area contributed by atoms with Crippen LogP contribution in [0.25, 0.3) is 0 Å². The quantitative estimate of drug-likeness (QED) is 0.294. The van der Waals surface area contributed by atoms with Crippen LogP contribution < -0.4 is 0 Å². The maximum atomic E-state index is 2.18. The highest BCUT2D eigenvalue weighted by atomic mass is 13.6. The van der Waals surface area contributed by atoms with Crippen molar-refractivity contribution in [1.29, 1.82) is 0 Å². The van der Waals surface area contributed by atoms with E-state index in [4.69, 9.17) is 0 Å². The molecule has 0 unspecified atom stereocenters. The minimum atomic E-state index is 1.25. The highest BCUT2D eigenvalue weighted by molar-refractivity contribution is 4.13. The van der Waals surface area contributed by atoms with Gasteiger partial charge in [0.2, 0.25) is 0 Å². The summed E-state index contributed by atoms with van der Waals surface area (Å²) >= 11 is 0. The van der Waals surface area contributed by atoms with Gasteiger partial charge in [-0.05, 0) is 0 Å². The molecule has 0 heterocycles. The molecule has 0 aliphatic heterocycles. The fourth-order valence-corrected chi connectivity index (χ4v) is 0. The van der Waals surface area contributed by atoms with Crippen LogP contribution in [-0.2, 0) is 0 Å². The number of hydrogen-bond donors (Lipinski definition) is 0. The van der Waals surface area contributed by atoms with Gasteiger partial charge in [0.05, 0.1) is 0 Å². The summed E-state index contributed by atoms with van der Waals surface area (Å²) < 4.78 is 0. The first kappa shape index (κ1) is 104. The molecule has 0 N–H and O–H groups in total. The smallest absolute Gasteiger partial charge is 0.0564 e. The predicted molar refractivity (Wildman–Crippen MR) is 228 cm³/mol. The first-order chi connectivity index (χ1) is 20.4. The Morgan fingerprint density at radius 2 is 0.167 bits per heavy atom. The molecule has 0 amide bonds. The fourth-order valence-electron chi connectivity index (χ4n) is 0. The van der Waals surface area contributed by atoms with Gasteiger partial charge in [-0.15, -0.1) is 0 Å². The van der Waals surface area contributed by atoms with Gasteiger partial charge < -0.3 is 0 Å². The molecule has 0 heteroatoms. The summed E-state index contributed by atoms with van der Waals surface area (Å²) in [5.41, 5.74) is 0. The van der Waals surface area contributed by atoms with Gasteiger partial charge in [0, 0.05) is 0 Å². The van der Waals surface area contributed by atoms with Crippen molar-refractivity contribution < 1.29 is 0 Å². The summed E-state index contributed by atoms with van der Waals surface area (Å²) in [5, 5.41) is 0. The molecule has 0 atom stereocenters. The first-order valence-corrected chi connectivity index (χ1v) is 20.4. The molecule has 0 fully saturated rings. The van der Waals surface area contributed by atoms with Gasteiger partial charge in [-0.3, -0.25) is 0 Å². The average Bonchev–Trinajstić information content (AvgIpc) is 3.11. The van der Waals surface area contributed by atoms with E-state index in [-0.39, 0.29) is 0 Å². The number of unbranched alkanes of at least 4 members (excludes halogenated alkanes) is 3. The van der Waals surface area contributed by atoms with E-state index in [9.17, 15) is 0 Å². The van der Waals surface area contributed by atoms with E-state index in [0.29, 0.717) is 0 Å². The molecule has 0 aliphatic rings. The van der Waals surface area contributed by atoms with Gasteiger partial charge in [0.1, 0.15) is 0 Å². The first-order valence-electron chi connectivity index (χ1n) is 20.4. The molecule has 0 rings (SSSR count). The van der Waals surface area contributed by atoms with Crippen molar-refractivity contribution in [2.75, 3.05) is 0 Å². The Bertz CT molecular complexity index is 42.9. The van der Waals surface area contributed by atoms with Crippen LogP contribution in [0.1, 0.15) is 286 Å². The Kier molecular flexibility index (Phi) is 1630. The third-order valence-electron chi connectivity index (χ3n) is 1.50. The third-order valence-corrected chi connectivity index (χ3v) is 1.50. The van der Waals surface area contributed by atoms with Crippen molar-refractivity contribution in [1.82, 2.24) is 0 Å². The second kappa shape index (κ2) is 656. The Morgan fingerprint density at radius 3 is 0.167 bits per heavy atom. The van der Waals surface area contributed by atoms with Crippen LogP contribution in [0.5, 0.6) is 0 Å². The van der Waals surface area contributed by atoms with E-state index in [1.54, 1.807) is 0 Å². The lowest BCUT2D eigenvalue weighted by atomic mass is 10.4. The molecule has 0 aliphatic carbocycles.